The minimum atomic E-state index is -0.244. The maximum atomic E-state index is 11.9. The highest BCUT2D eigenvalue weighted by atomic mass is 79.9. The molecule has 0 saturated carbocycles. The predicted molar refractivity (Wildman–Crippen MR) is 93.7 cm³/mol. The first-order valence-corrected chi connectivity index (χ1v) is 7.80. The van der Waals surface area contributed by atoms with Gasteiger partial charge in [0.2, 0.25) is 5.91 Å². The molecular weight excluding hydrogens is 360 g/mol. The van der Waals surface area contributed by atoms with Crippen LogP contribution in [0.4, 0.5) is 11.4 Å². The van der Waals surface area contributed by atoms with E-state index in [1.165, 1.54) is 6.92 Å². The fourth-order valence-corrected chi connectivity index (χ4v) is 2.23. The van der Waals surface area contributed by atoms with Crippen LogP contribution in [-0.2, 0) is 9.59 Å². The summed E-state index contributed by atoms with van der Waals surface area (Å²) >= 11 is 3.42. The van der Waals surface area contributed by atoms with Crippen LogP contribution in [0.5, 0.6) is 5.75 Å². The van der Waals surface area contributed by atoms with E-state index in [-0.39, 0.29) is 18.4 Å². The highest BCUT2D eigenvalue weighted by Crippen LogP contribution is 2.20. The number of ether oxygens (including phenoxy) is 1. The standard InChI is InChI=1S/C17H17BrN2O3/c1-11-3-4-14(9-16(11)18)20-17(22)10-23-15-7-5-13(6-8-15)19-12(2)21/h3-9H,10H2,1-2H3,(H,19,21)(H,20,22). The maximum Gasteiger partial charge on any atom is 0.262 e. The fourth-order valence-electron chi connectivity index (χ4n) is 1.85. The van der Waals surface area contributed by atoms with Crippen LogP contribution in [0.15, 0.2) is 46.9 Å². The summed E-state index contributed by atoms with van der Waals surface area (Å²) < 4.78 is 6.35. The number of benzene rings is 2. The molecule has 5 nitrogen and oxygen atoms in total. The van der Waals surface area contributed by atoms with E-state index in [0.29, 0.717) is 17.1 Å². The average molecular weight is 377 g/mol. The molecule has 0 bridgehead atoms. The molecule has 23 heavy (non-hydrogen) atoms. The first-order chi connectivity index (χ1) is 10.9. The summed E-state index contributed by atoms with van der Waals surface area (Å²) in [7, 11) is 0. The van der Waals surface area contributed by atoms with Gasteiger partial charge in [-0.05, 0) is 48.9 Å². The minimum Gasteiger partial charge on any atom is -0.484 e. The van der Waals surface area contributed by atoms with Gasteiger partial charge in [0.05, 0.1) is 0 Å². The lowest BCUT2D eigenvalue weighted by Crippen LogP contribution is -2.20. The zero-order valence-corrected chi connectivity index (χ0v) is 14.4. The second-order valence-electron chi connectivity index (χ2n) is 5.01. The molecule has 0 aliphatic heterocycles. The molecular formula is C17H17BrN2O3. The number of aryl methyl sites for hydroxylation is 1. The van der Waals surface area contributed by atoms with Crippen molar-refractivity contribution in [3.05, 3.63) is 52.5 Å². The summed E-state index contributed by atoms with van der Waals surface area (Å²) in [6.07, 6.45) is 0. The fraction of sp³-hybridized carbons (Fsp3) is 0.176. The first-order valence-electron chi connectivity index (χ1n) is 7.00. The van der Waals surface area contributed by atoms with Gasteiger partial charge in [0.1, 0.15) is 5.75 Å². The Morgan fingerprint density at radius 2 is 1.70 bits per heavy atom. The van der Waals surface area contributed by atoms with Crippen LogP contribution in [0, 0.1) is 6.92 Å². The van der Waals surface area contributed by atoms with Gasteiger partial charge in [-0.15, -0.1) is 0 Å². The molecule has 0 fully saturated rings. The third-order valence-electron chi connectivity index (χ3n) is 3.00. The van der Waals surface area contributed by atoms with Crippen molar-refractivity contribution in [1.29, 1.82) is 0 Å². The first kappa shape index (κ1) is 17.0. The lowest BCUT2D eigenvalue weighted by molar-refractivity contribution is -0.118. The van der Waals surface area contributed by atoms with Gasteiger partial charge in [0, 0.05) is 22.8 Å². The Bertz CT molecular complexity index is 714. The van der Waals surface area contributed by atoms with Gasteiger partial charge >= 0.3 is 0 Å². The van der Waals surface area contributed by atoms with E-state index in [4.69, 9.17) is 4.74 Å². The Morgan fingerprint density at radius 3 is 2.30 bits per heavy atom. The second-order valence-corrected chi connectivity index (χ2v) is 5.86. The highest BCUT2D eigenvalue weighted by molar-refractivity contribution is 9.10. The normalized spacial score (nSPS) is 10.0. The minimum absolute atomic E-state index is 0.0923. The van der Waals surface area contributed by atoms with Crippen LogP contribution < -0.4 is 15.4 Å². The van der Waals surface area contributed by atoms with Gasteiger partial charge in [0.15, 0.2) is 6.61 Å². The second kappa shape index (κ2) is 7.78. The molecule has 0 radical (unpaired) electrons. The van der Waals surface area contributed by atoms with Crippen LogP contribution >= 0.6 is 15.9 Å². The van der Waals surface area contributed by atoms with Crippen molar-refractivity contribution >= 4 is 39.1 Å². The Kier molecular flexibility index (Phi) is 5.76. The lowest BCUT2D eigenvalue weighted by Gasteiger charge is -2.09. The van der Waals surface area contributed by atoms with Crippen molar-refractivity contribution in [2.75, 3.05) is 17.2 Å². The van der Waals surface area contributed by atoms with Crippen LogP contribution in [0.3, 0.4) is 0 Å². The Balaban J connectivity index is 1.86. The number of rotatable bonds is 5. The van der Waals surface area contributed by atoms with E-state index in [0.717, 1.165) is 10.0 Å². The maximum absolute atomic E-state index is 11.9. The molecule has 0 atom stereocenters. The quantitative estimate of drug-likeness (QED) is 0.835. The van der Waals surface area contributed by atoms with Gasteiger partial charge in [-0.1, -0.05) is 22.0 Å². The molecule has 2 amide bonds. The summed E-state index contributed by atoms with van der Waals surface area (Å²) in [6, 6.07) is 12.4. The zero-order valence-electron chi connectivity index (χ0n) is 12.9. The van der Waals surface area contributed by atoms with E-state index in [9.17, 15) is 9.59 Å². The molecule has 0 saturated heterocycles. The Hall–Kier alpha value is -2.34. The average Bonchev–Trinajstić information content (AvgIpc) is 2.50. The summed E-state index contributed by atoms with van der Waals surface area (Å²) in [5, 5.41) is 5.43. The molecule has 0 heterocycles. The van der Waals surface area contributed by atoms with E-state index < -0.39 is 0 Å². The number of hydrogen-bond donors (Lipinski definition) is 2. The van der Waals surface area contributed by atoms with Gasteiger partial charge in [-0.3, -0.25) is 9.59 Å². The van der Waals surface area contributed by atoms with Crippen molar-refractivity contribution in [2.45, 2.75) is 13.8 Å². The monoisotopic (exact) mass is 376 g/mol. The molecule has 0 aliphatic carbocycles. The number of carbonyl (C=O) groups excluding carboxylic acids is 2. The molecule has 0 aliphatic rings. The van der Waals surface area contributed by atoms with Crippen LogP contribution in [0.2, 0.25) is 0 Å². The number of carbonyl (C=O) groups is 2. The summed E-state index contributed by atoms with van der Waals surface area (Å²) in [4.78, 5) is 22.8. The van der Waals surface area contributed by atoms with Crippen molar-refractivity contribution in [3.63, 3.8) is 0 Å². The SMILES string of the molecule is CC(=O)Nc1ccc(OCC(=O)Nc2ccc(C)c(Br)c2)cc1. The number of amides is 2. The zero-order chi connectivity index (χ0) is 16.8. The van der Waals surface area contributed by atoms with E-state index in [1.807, 2.05) is 25.1 Å². The van der Waals surface area contributed by atoms with Crippen LogP contribution in [0.1, 0.15) is 12.5 Å². The predicted octanol–water partition coefficient (Wildman–Crippen LogP) is 3.73. The van der Waals surface area contributed by atoms with Gasteiger partial charge in [-0.2, -0.15) is 0 Å². The van der Waals surface area contributed by atoms with E-state index in [2.05, 4.69) is 26.6 Å². The molecule has 0 unspecified atom stereocenters. The molecule has 120 valence electrons. The molecule has 0 aromatic heterocycles. The molecule has 2 aromatic rings. The van der Waals surface area contributed by atoms with Crippen molar-refractivity contribution < 1.29 is 14.3 Å². The largest absolute Gasteiger partial charge is 0.484 e. The van der Waals surface area contributed by atoms with Gasteiger partial charge in [-0.25, -0.2) is 0 Å². The number of hydrogen-bond acceptors (Lipinski definition) is 3. The van der Waals surface area contributed by atoms with Crippen molar-refractivity contribution in [2.24, 2.45) is 0 Å². The summed E-state index contributed by atoms with van der Waals surface area (Å²) in [6.45, 7) is 3.33. The number of halogens is 1. The molecule has 2 N–H and O–H groups in total. The van der Waals surface area contributed by atoms with Crippen LogP contribution in [0.25, 0.3) is 0 Å². The smallest absolute Gasteiger partial charge is 0.262 e. The third kappa shape index (κ3) is 5.41. The Labute approximate surface area is 143 Å². The van der Waals surface area contributed by atoms with E-state index >= 15 is 0 Å². The van der Waals surface area contributed by atoms with Crippen molar-refractivity contribution in [3.8, 4) is 5.75 Å². The summed E-state index contributed by atoms with van der Waals surface area (Å²) in [5.74, 6) is 0.174. The van der Waals surface area contributed by atoms with Gasteiger partial charge in [0.25, 0.3) is 5.91 Å². The molecule has 2 rings (SSSR count). The van der Waals surface area contributed by atoms with E-state index in [1.54, 1.807) is 24.3 Å². The van der Waals surface area contributed by atoms with Gasteiger partial charge < -0.3 is 15.4 Å². The van der Waals surface area contributed by atoms with Crippen LogP contribution in [-0.4, -0.2) is 18.4 Å². The number of anilines is 2. The molecule has 0 spiro atoms. The molecule has 6 heteroatoms. The molecule has 2 aromatic carbocycles. The topological polar surface area (TPSA) is 67.4 Å². The third-order valence-corrected chi connectivity index (χ3v) is 3.85. The number of nitrogens with one attached hydrogen (secondary N) is 2. The Morgan fingerprint density at radius 1 is 1.04 bits per heavy atom. The summed E-state index contributed by atoms with van der Waals surface area (Å²) in [5.41, 5.74) is 2.48. The highest BCUT2D eigenvalue weighted by Gasteiger charge is 2.05. The lowest BCUT2D eigenvalue weighted by atomic mass is 10.2. The van der Waals surface area contributed by atoms with Crippen molar-refractivity contribution in [1.82, 2.24) is 0 Å².